The number of nitrogens with one attached hydrogen (secondary N) is 1. The number of nitrogens with zero attached hydrogens (tertiary/aromatic N) is 3. The second-order valence-corrected chi connectivity index (χ2v) is 5.18. The molecule has 0 atom stereocenters. The molecule has 0 aliphatic carbocycles. The predicted molar refractivity (Wildman–Crippen MR) is 77.4 cm³/mol. The highest BCUT2D eigenvalue weighted by molar-refractivity contribution is 7.09. The Balaban J connectivity index is 1.90. The predicted octanol–water partition coefficient (Wildman–Crippen LogP) is 2.94. The van der Waals surface area contributed by atoms with Crippen molar-refractivity contribution in [2.75, 3.05) is 11.9 Å². The molecule has 19 heavy (non-hydrogen) atoms. The average molecular weight is 272 g/mol. The van der Waals surface area contributed by atoms with Crippen molar-refractivity contribution in [3.8, 4) is 6.07 Å². The number of aryl methyl sites for hydroxylation is 2. The van der Waals surface area contributed by atoms with Crippen LogP contribution in [-0.4, -0.2) is 16.5 Å². The maximum absolute atomic E-state index is 8.93. The first kappa shape index (κ1) is 13.5. The Morgan fingerprint density at radius 1 is 1.37 bits per heavy atom. The molecule has 2 aromatic heterocycles. The van der Waals surface area contributed by atoms with Crippen LogP contribution in [0.3, 0.4) is 0 Å². The van der Waals surface area contributed by atoms with Gasteiger partial charge in [0.15, 0.2) is 0 Å². The number of aromatic nitrogens is 2. The third-order valence-electron chi connectivity index (χ3n) is 2.79. The van der Waals surface area contributed by atoms with Gasteiger partial charge in [-0.25, -0.2) is 9.97 Å². The van der Waals surface area contributed by atoms with Crippen molar-refractivity contribution in [2.45, 2.75) is 26.7 Å². The lowest BCUT2D eigenvalue weighted by molar-refractivity contribution is 0.944. The third-order valence-corrected chi connectivity index (χ3v) is 3.83. The number of thiazole rings is 1. The van der Waals surface area contributed by atoms with Crippen LogP contribution in [0, 0.1) is 18.3 Å². The molecule has 0 spiro atoms. The Hall–Kier alpha value is -1.93. The van der Waals surface area contributed by atoms with E-state index in [0.29, 0.717) is 5.69 Å². The second-order valence-electron chi connectivity index (χ2n) is 4.24. The first-order valence-corrected chi connectivity index (χ1v) is 7.15. The van der Waals surface area contributed by atoms with E-state index >= 15 is 0 Å². The van der Waals surface area contributed by atoms with Crippen molar-refractivity contribution in [1.29, 1.82) is 5.26 Å². The molecule has 4 nitrogen and oxygen atoms in total. The Kier molecular flexibility index (Phi) is 4.48. The van der Waals surface area contributed by atoms with Gasteiger partial charge < -0.3 is 5.32 Å². The van der Waals surface area contributed by atoms with Gasteiger partial charge in [0.1, 0.15) is 17.6 Å². The van der Waals surface area contributed by atoms with E-state index in [0.717, 1.165) is 36.5 Å². The molecule has 0 aliphatic rings. The zero-order valence-electron chi connectivity index (χ0n) is 11.1. The SMILES string of the molecule is CCc1nc(CCNc2ccc(C)c(C#N)n2)cs1. The minimum Gasteiger partial charge on any atom is -0.370 e. The minimum atomic E-state index is 0.479. The summed E-state index contributed by atoms with van der Waals surface area (Å²) in [6.07, 6.45) is 1.86. The largest absolute Gasteiger partial charge is 0.370 e. The molecule has 0 radical (unpaired) electrons. The summed E-state index contributed by atoms with van der Waals surface area (Å²) in [5, 5.41) is 15.4. The number of nitriles is 1. The van der Waals surface area contributed by atoms with E-state index in [-0.39, 0.29) is 0 Å². The van der Waals surface area contributed by atoms with Gasteiger partial charge in [-0.3, -0.25) is 0 Å². The van der Waals surface area contributed by atoms with E-state index in [1.165, 1.54) is 5.01 Å². The highest BCUT2D eigenvalue weighted by Gasteiger charge is 2.02. The summed E-state index contributed by atoms with van der Waals surface area (Å²) < 4.78 is 0. The third kappa shape index (κ3) is 3.52. The molecule has 2 heterocycles. The van der Waals surface area contributed by atoms with E-state index in [1.807, 2.05) is 19.1 Å². The maximum Gasteiger partial charge on any atom is 0.145 e. The lowest BCUT2D eigenvalue weighted by Crippen LogP contribution is -2.07. The van der Waals surface area contributed by atoms with Crippen molar-refractivity contribution >= 4 is 17.2 Å². The van der Waals surface area contributed by atoms with Gasteiger partial charge in [-0.1, -0.05) is 13.0 Å². The molecule has 0 bridgehead atoms. The lowest BCUT2D eigenvalue weighted by Gasteiger charge is -2.05. The van der Waals surface area contributed by atoms with Crippen LogP contribution in [0.25, 0.3) is 0 Å². The Morgan fingerprint density at radius 2 is 2.21 bits per heavy atom. The fourth-order valence-corrected chi connectivity index (χ4v) is 2.46. The van der Waals surface area contributed by atoms with E-state index in [1.54, 1.807) is 11.3 Å². The standard InChI is InChI=1S/C14H16N4S/c1-3-14-17-11(9-19-14)6-7-16-13-5-4-10(2)12(8-15)18-13/h4-5,9H,3,6-7H2,1-2H3,(H,16,18). The van der Waals surface area contributed by atoms with Crippen LogP contribution in [0.5, 0.6) is 0 Å². The van der Waals surface area contributed by atoms with Crippen molar-refractivity contribution in [3.63, 3.8) is 0 Å². The van der Waals surface area contributed by atoms with Gasteiger partial charge in [-0.2, -0.15) is 5.26 Å². The van der Waals surface area contributed by atoms with E-state index in [4.69, 9.17) is 5.26 Å². The van der Waals surface area contributed by atoms with E-state index in [9.17, 15) is 0 Å². The van der Waals surface area contributed by atoms with Gasteiger partial charge >= 0.3 is 0 Å². The molecule has 0 fully saturated rings. The summed E-state index contributed by atoms with van der Waals surface area (Å²) in [7, 11) is 0. The van der Waals surface area contributed by atoms with Crippen LogP contribution in [0.2, 0.25) is 0 Å². The fraction of sp³-hybridized carbons (Fsp3) is 0.357. The van der Waals surface area contributed by atoms with Crippen LogP contribution in [0.4, 0.5) is 5.82 Å². The highest BCUT2D eigenvalue weighted by atomic mass is 32.1. The zero-order chi connectivity index (χ0) is 13.7. The second kappa shape index (κ2) is 6.30. The van der Waals surface area contributed by atoms with Crippen molar-refractivity contribution in [2.24, 2.45) is 0 Å². The summed E-state index contributed by atoms with van der Waals surface area (Å²) in [6.45, 7) is 4.77. The molecule has 98 valence electrons. The number of hydrogen-bond acceptors (Lipinski definition) is 5. The molecule has 1 N–H and O–H groups in total. The monoisotopic (exact) mass is 272 g/mol. The Morgan fingerprint density at radius 3 is 2.89 bits per heavy atom. The summed E-state index contributed by atoms with van der Waals surface area (Å²) in [6, 6.07) is 5.90. The van der Waals surface area contributed by atoms with Gasteiger partial charge in [0.05, 0.1) is 10.7 Å². The number of anilines is 1. The first-order chi connectivity index (χ1) is 9.22. The molecule has 0 aromatic carbocycles. The van der Waals surface area contributed by atoms with Crippen LogP contribution < -0.4 is 5.32 Å². The van der Waals surface area contributed by atoms with Crippen molar-refractivity contribution in [1.82, 2.24) is 9.97 Å². The highest BCUT2D eigenvalue weighted by Crippen LogP contribution is 2.12. The normalized spacial score (nSPS) is 10.2. The summed E-state index contributed by atoms with van der Waals surface area (Å²) >= 11 is 1.71. The molecule has 5 heteroatoms. The summed E-state index contributed by atoms with van der Waals surface area (Å²) in [5.74, 6) is 0.744. The number of rotatable bonds is 5. The molecule has 2 aromatic rings. The van der Waals surface area contributed by atoms with Gasteiger partial charge in [-0.15, -0.1) is 11.3 Å². The van der Waals surface area contributed by atoms with Crippen molar-refractivity contribution < 1.29 is 0 Å². The van der Waals surface area contributed by atoms with Gasteiger partial charge in [0.25, 0.3) is 0 Å². The smallest absolute Gasteiger partial charge is 0.145 e. The van der Waals surface area contributed by atoms with E-state index < -0.39 is 0 Å². The van der Waals surface area contributed by atoms with Gasteiger partial charge in [0.2, 0.25) is 0 Å². The average Bonchev–Trinajstić information content (AvgIpc) is 2.88. The maximum atomic E-state index is 8.93. The van der Waals surface area contributed by atoms with Crippen LogP contribution >= 0.6 is 11.3 Å². The zero-order valence-corrected chi connectivity index (χ0v) is 11.9. The number of pyridine rings is 1. The Labute approximate surface area is 117 Å². The lowest BCUT2D eigenvalue weighted by atomic mass is 10.2. The molecule has 0 saturated heterocycles. The molecule has 2 rings (SSSR count). The quantitative estimate of drug-likeness (QED) is 0.909. The van der Waals surface area contributed by atoms with Crippen LogP contribution in [-0.2, 0) is 12.8 Å². The molecule has 0 saturated carbocycles. The van der Waals surface area contributed by atoms with Crippen LogP contribution in [0.1, 0.15) is 28.9 Å². The fourth-order valence-electron chi connectivity index (χ4n) is 1.69. The summed E-state index contributed by atoms with van der Waals surface area (Å²) in [5.41, 5.74) is 2.49. The Bertz CT molecular complexity index is 598. The molecular weight excluding hydrogens is 256 g/mol. The summed E-state index contributed by atoms with van der Waals surface area (Å²) in [4.78, 5) is 8.77. The first-order valence-electron chi connectivity index (χ1n) is 6.27. The van der Waals surface area contributed by atoms with E-state index in [2.05, 4.69) is 33.7 Å². The molecule has 0 aliphatic heterocycles. The molecule has 0 amide bonds. The topological polar surface area (TPSA) is 61.6 Å². The van der Waals surface area contributed by atoms with Crippen molar-refractivity contribution in [3.05, 3.63) is 39.5 Å². The minimum absolute atomic E-state index is 0.479. The molecular formula is C14H16N4S. The molecule has 0 unspecified atom stereocenters. The van der Waals surface area contributed by atoms with Gasteiger partial charge in [-0.05, 0) is 25.0 Å². The van der Waals surface area contributed by atoms with Gasteiger partial charge in [0, 0.05) is 18.3 Å². The number of hydrogen-bond donors (Lipinski definition) is 1. The van der Waals surface area contributed by atoms with Crippen LogP contribution in [0.15, 0.2) is 17.5 Å².